The Morgan fingerprint density at radius 3 is 2.73 bits per heavy atom. The molecule has 0 atom stereocenters. The van der Waals surface area contributed by atoms with Gasteiger partial charge in [0.05, 0.1) is 23.8 Å². The van der Waals surface area contributed by atoms with Crippen LogP contribution in [-0.4, -0.2) is 65.5 Å². The quantitative estimate of drug-likeness (QED) is 0.498. The van der Waals surface area contributed by atoms with Crippen molar-refractivity contribution in [2.75, 3.05) is 18.4 Å². The molecule has 0 spiro atoms. The highest BCUT2D eigenvalue weighted by Crippen LogP contribution is 2.28. The number of aromatic nitrogens is 6. The van der Waals surface area contributed by atoms with E-state index in [1.165, 1.54) is 4.57 Å². The molecular formula is C22H24F2N8O. The minimum absolute atomic E-state index is 0.103. The summed E-state index contributed by atoms with van der Waals surface area (Å²) in [5.74, 6) is 1.13. The molecule has 0 saturated carbocycles. The Bertz CT molecular complexity index is 1320. The number of fused-ring (bicyclic) bond motifs is 2. The van der Waals surface area contributed by atoms with Gasteiger partial charge < -0.3 is 14.8 Å². The number of nitrogens with one attached hydrogen (secondary N) is 1. The van der Waals surface area contributed by atoms with Gasteiger partial charge in [0.2, 0.25) is 11.9 Å². The number of alkyl halides is 2. The van der Waals surface area contributed by atoms with Crippen LogP contribution in [0.5, 0.6) is 0 Å². The first-order valence-corrected chi connectivity index (χ1v) is 10.9. The Morgan fingerprint density at radius 1 is 1.21 bits per heavy atom. The molecule has 1 amide bonds. The lowest BCUT2D eigenvalue weighted by Crippen LogP contribution is -2.41. The third kappa shape index (κ3) is 4.10. The van der Waals surface area contributed by atoms with Crippen molar-refractivity contribution in [1.29, 1.82) is 0 Å². The van der Waals surface area contributed by atoms with Gasteiger partial charge in [-0.15, -0.1) is 5.10 Å². The minimum Gasteiger partial charge on any atom is -0.350 e. The number of carbonyl (C=O) groups excluding carboxylic acids is 1. The van der Waals surface area contributed by atoms with E-state index in [4.69, 9.17) is 0 Å². The van der Waals surface area contributed by atoms with Crippen molar-refractivity contribution in [3.63, 3.8) is 0 Å². The average molecular weight is 454 g/mol. The first-order chi connectivity index (χ1) is 15.9. The lowest BCUT2D eigenvalue weighted by Gasteiger charge is -2.31. The molecule has 0 bridgehead atoms. The second kappa shape index (κ2) is 8.38. The van der Waals surface area contributed by atoms with Crippen LogP contribution in [0, 0.1) is 6.92 Å². The smallest absolute Gasteiger partial charge is 0.256 e. The van der Waals surface area contributed by atoms with Gasteiger partial charge in [0.1, 0.15) is 5.82 Å². The van der Waals surface area contributed by atoms with Gasteiger partial charge >= 0.3 is 0 Å². The van der Waals surface area contributed by atoms with Crippen molar-refractivity contribution < 1.29 is 13.6 Å². The lowest BCUT2D eigenvalue weighted by atomic mass is 10.1. The number of aryl methyl sites for hydroxylation is 1. The Balaban J connectivity index is 1.40. The summed E-state index contributed by atoms with van der Waals surface area (Å²) in [7, 11) is 0. The van der Waals surface area contributed by atoms with E-state index in [2.05, 4.69) is 25.4 Å². The third-order valence-electron chi connectivity index (χ3n) is 6.12. The van der Waals surface area contributed by atoms with Crippen molar-refractivity contribution in [3.05, 3.63) is 36.5 Å². The van der Waals surface area contributed by atoms with Gasteiger partial charge in [0.25, 0.3) is 6.43 Å². The molecule has 9 nitrogen and oxygen atoms in total. The van der Waals surface area contributed by atoms with Crippen molar-refractivity contribution in [3.8, 4) is 11.1 Å². The van der Waals surface area contributed by atoms with Crippen LogP contribution in [0.25, 0.3) is 27.8 Å². The van der Waals surface area contributed by atoms with Crippen LogP contribution in [0.2, 0.25) is 0 Å². The monoisotopic (exact) mass is 454 g/mol. The molecule has 0 aliphatic carbocycles. The Labute approximate surface area is 188 Å². The maximum Gasteiger partial charge on any atom is 0.256 e. The SMILES string of the molecule is CC(=O)N1CCC(Nc2ncc3c(-c4cnc5nc(C)n(CC(F)F)c5c4)ccn3n2)CC1. The molecule has 4 aromatic heterocycles. The number of anilines is 1. The molecule has 11 heteroatoms. The summed E-state index contributed by atoms with van der Waals surface area (Å²) in [5.41, 5.74) is 3.43. The van der Waals surface area contributed by atoms with Gasteiger partial charge in [-0.05, 0) is 31.9 Å². The van der Waals surface area contributed by atoms with Gasteiger partial charge in [-0.2, -0.15) is 0 Å². The predicted octanol–water partition coefficient (Wildman–Crippen LogP) is 3.14. The Morgan fingerprint density at radius 2 is 2.00 bits per heavy atom. The van der Waals surface area contributed by atoms with E-state index in [0.717, 1.165) is 42.6 Å². The zero-order valence-electron chi connectivity index (χ0n) is 18.4. The van der Waals surface area contributed by atoms with Crippen LogP contribution in [0.1, 0.15) is 25.6 Å². The van der Waals surface area contributed by atoms with E-state index in [0.29, 0.717) is 22.9 Å². The van der Waals surface area contributed by atoms with Gasteiger partial charge in [-0.1, -0.05) is 0 Å². The Kier molecular flexibility index (Phi) is 5.39. The van der Waals surface area contributed by atoms with Gasteiger partial charge in [-0.3, -0.25) is 4.79 Å². The van der Waals surface area contributed by atoms with E-state index in [9.17, 15) is 13.6 Å². The van der Waals surface area contributed by atoms with Crippen LogP contribution >= 0.6 is 0 Å². The number of piperidine rings is 1. The molecule has 1 fully saturated rings. The molecule has 33 heavy (non-hydrogen) atoms. The molecule has 1 aliphatic rings. The summed E-state index contributed by atoms with van der Waals surface area (Å²) >= 11 is 0. The van der Waals surface area contributed by atoms with E-state index in [1.54, 1.807) is 30.8 Å². The molecule has 172 valence electrons. The van der Waals surface area contributed by atoms with Crippen LogP contribution in [0.15, 0.2) is 30.7 Å². The van der Waals surface area contributed by atoms with Crippen LogP contribution < -0.4 is 5.32 Å². The Hall–Kier alpha value is -3.63. The maximum atomic E-state index is 13.0. The molecule has 1 aliphatic heterocycles. The molecule has 4 aromatic rings. The summed E-state index contributed by atoms with van der Waals surface area (Å²) in [6, 6.07) is 3.94. The van der Waals surface area contributed by atoms with Gasteiger partial charge in [0.15, 0.2) is 5.65 Å². The van der Waals surface area contributed by atoms with Crippen molar-refractivity contribution in [2.24, 2.45) is 0 Å². The summed E-state index contributed by atoms with van der Waals surface area (Å²) in [4.78, 5) is 26.5. The fourth-order valence-corrected chi connectivity index (χ4v) is 4.37. The highest BCUT2D eigenvalue weighted by atomic mass is 19.3. The van der Waals surface area contributed by atoms with E-state index >= 15 is 0 Å². The number of hydrogen-bond acceptors (Lipinski definition) is 6. The second-order valence-electron chi connectivity index (χ2n) is 8.29. The number of halogens is 2. The van der Waals surface area contributed by atoms with Crippen molar-refractivity contribution in [2.45, 2.75) is 45.7 Å². The average Bonchev–Trinajstić information content (AvgIpc) is 3.34. The highest BCUT2D eigenvalue weighted by Gasteiger charge is 2.21. The number of imidazole rings is 1. The first kappa shape index (κ1) is 21.2. The normalized spacial score (nSPS) is 15.1. The van der Waals surface area contributed by atoms with Gasteiger partial charge in [0, 0.05) is 49.6 Å². The molecule has 1 N–H and O–H groups in total. The molecular weight excluding hydrogens is 430 g/mol. The summed E-state index contributed by atoms with van der Waals surface area (Å²) < 4.78 is 29.3. The van der Waals surface area contributed by atoms with E-state index < -0.39 is 13.0 Å². The number of amides is 1. The van der Waals surface area contributed by atoms with Crippen molar-refractivity contribution >= 4 is 28.5 Å². The standard InChI is InChI=1S/C22H24F2N8O/c1-13-27-21-18(31(13)12-20(23)24)9-15(10-25-21)17-5-8-32-19(17)11-26-22(29-32)28-16-3-6-30(7-4-16)14(2)33/h5,8-11,16,20H,3-4,6-7,12H2,1-2H3,(H,28,29). The topological polar surface area (TPSA) is 93.2 Å². The number of likely N-dealkylation sites (tertiary alicyclic amines) is 1. The fraction of sp³-hybridized carbons (Fsp3) is 0.409. The largest absolute Gasteiger partial charge is 0.350 e. The number of rotatable bonds is 5. The zero-order chi connectivity index (χ0) is 23.1. The van der Waals surface area contributed by atoms with E-state index in [-0.39, 0.29) is 11.9 Å². The van der Waals surface area contributed by atoms with Crippen LogP contribution in [0.3, 0.4) is 0 Å². The summed E-state index contributed by atoms with van der Waals surface area (Å²) in [6.07, 6.45) is 4.47. The zero-order valence-corrected chi connectivity index (χ0v) is 18.4. The molecule has 1 saturated heterocycles. The van der Waals surface area contributed by atoms with Crippen LogP contribution in [0.4, 0.5) is 14.7 Å². The second-order valence-corrected chi connectivity index (χ2v) is 8.29. The number of nitrogens with zero attached hydrogens (tertiary/aromatic N) is 7. The van der Waals surface area contributed by atoms with E-state index in [1.807, 2.05) is 23.2 Å². The lowest BCUT2D eigenvalue weighted by molar-refractivity contribution is -0.129. The molecule has 0 radical (unpaired) electrons. The number of hydrogen-bond donors (Lipinski definition) is 1. The number of carbonyl (C=O) groups is 1. The maximum absolute atomic E-state index is 13.0. The van der Waals surface area contributed by atoms with Crippen molar-refractivity contribution in [1.82, 2.24) is 34.0 Å². The fourth-order valence-electron chi connectivity index (χ4n) is 4.37. The minimum atomic E-state index is -2.48. The first-order valence-electron chi connectivity index (χ1n) is 10.9. The molecule has 5 rings (SSSR count). The van der Waals surface area contributed by atoms with Crippen LogP contribution in [-0.2, 0) is 11.3 Å². The summed E-state index contributed by atoms with van der Waals surface area (Å²) in [6.45, 7) is 4.31. The molecule has 0 unspecified atom stereocenters. The van der Waals surface area contributed by atoms with Gasteiger partial charge in [-0.25, -0.2) is 28.2 Å². The molecule has 5 heterocycles. The predicted molar refractivity (Wildman–Crippen MR) is 119 cm³/mol. The number of pyridine rings is 1. The molecule has 0 aromatic carbocycles. The third-order valence-corrected chi connectivity index (χ3v) is 6.12. The summed E-state index contributed by atoms with van der Waals surface area (Å²) in [5, 5.41) is 7.93. The highest BCUT2D eigenvalue weighted by molar-refractivity contribution is 5.85.